The van der Waals surface area contributed by atoms with E-state index in [-0.39, 0.29) is 5.54 Å². The molecule has 1 atom stereocenters. The van der Waals surface area contributed by atoms with E-state index in [9.17, 15) is 0 Å². The third-order valence-corrected chi connectivity index (χ3v) is 4.04. The van der Waals surface area contributed by atoms with Crippen molar-refractivity contribution in [2.24, 2.45) is 0 Å². The van der Waals surface area contributed by atoms with E-state index < -0.39 is 0 Å². The first-order valence-corrected chi connectivity index (χ1v) is 7.05. The van der Waals surface area contributed by atoms with Crippen molar-refractivity contribution in [2.45, 2.75) is 52.2 Å². The molecule has 100 valence electrons. The fourth-order valence-electron chi connectivity index (χ4n) is 2.81. The molecule has 18 heavy (non-hydrogen) atoms. The molecular formula is C16H26N2. The predicted molar refractivity (Wildman–Crippen MR) is 77.7 cm³/mol. The number of benzene rings is 1. The topological polar surface area (TPSA) is 15.3 Å². The molecule has 0 radical (unpaired) electrons. The van der Waals surface area contributed by atoms with Crippen molar-refractivity contribution in [1.82, 2.24) is 10.2 Å². The van der Waals surface area contributed by atoms with E-state index in [0.717, 1.165) is 19.6 Å². The number of nitrogens with one attached hydrogen (secondary N) is 1. The predicted octanol–water partition coefficient (Wildman–Crippen LogP) is 2.96. The first kappa shape index (κ1) is 13.6. The van der Waals surface area contributed by atoms with Crippen molar-refractivity contribution >= 4 is 0 Å². The second-order valence-corrected chi connectivity index (χ2v) is 6.16. The molecule has 1 N–H and O–H groups in total. The highest BCUT2D eigenvalue weighted by Crippen LogP contribution is 2.21. The van der Waals surface area contributed by atoms with Gasteiger partial charge in [0.2, 0.25) is 0 Å². The maximum Gasteiger partial charge on any atom is 0.0253 e. The average molecular weight is 246 g/mol. The summed E-state index contributed by atoms with van der Waals surface area (Å²) in [4.78, 5) is 2.64. The summed E-state index contributed by atoms with van der Waals surface area (Å²) in [5, 5.41) is 3.65. The fourth-order valence-corrected chi connectivity index (χ4v) is 2.81. The van der Waals surface area contributed by atoms with E-state index in [1.807, 2.05) is 0 Å². The van der Waals surface area contributed by atoms with E-state index in [1.165, 1.54) is 17.5 Å². The molecule has 0 bridgehead atoms. The van der Waals surface area contributed by atoms with Crippen LogP contribution in [-0.4, -0.2) is 29.6 Å². The second-order valence-electron chi connectivity index (χ2n) is 6.16. The van der Waals surface area contributed by atoms with Crippen LogP contribution in [0.2, 0.25) is 0 Å². The molecule has 2 heteroatoms. The van der Waals surface area contributed by atoms with Gasteiger partial charge < -0.3 is 5.32 Å². The fraction of sp³-hybridized carbons (Fsp3) is 0.625. The molecule has 0 aliphatic carbocycles. The molecule has 0 saturated carbocycles. The van der Waals surface area contributed by atoms with Gasteiger partial charge in [0.1, 0.15) is 0 Å². The van der Waals surface area contributed by atoms with E-state index in [4.69, 9.17) is 0 Å². The summed E-state index contributed by atoms with van der Waals surface area (Å²) in [6, 6.07) is 9.41. The minimum Gasteiger partial charge on any atom is -0.309 e. The van der Waals surface area contributed by atoms with E-state index in [1.54, 1.807) is 0 Å². The molecule has 0 aromatic heterocycles. The summed E-state index contributed by atoms with van der Waals surface area (Å²) in [6.45, 7) is 12.4. The van der Waals surface area contributed by atoms with Gasteiger partial charge in [-0.2, -0.15) is 0 Å². The first-order valence-electron chi connectivity index (χ1n) is 7.05. The van der Waals surface area contributed by atoms with Crippen molar-refractivity contribution in [3.8, 4) is 0 Å². The molecular weight excluding hydrogens is 220 g/mol. The Hall–Kier alpha value is -0.860. The van der Waals surface area contributed by atoms with Crippen LogP contribution < -0.4 is 5.32 Å². The SMILES string of the molecule is CCC1CNC(C)(C)CN1Cc1ccccc1C. The quantitative estimate of drug-likeness (QED) is 0.882. The molecule has 1 saturated heterocycles. The van der Waals surface area contributed by atoms with E-state index in [0.29, 0.717) is 6.04 Å². The zero-order valence-electron chi connectivity index (χ0n) is 12.2. The standard InChI is InChI=1S/C16H26N2/c1-5-15-10-17-16(3,4)12-18(15)11-14-9-7-6-8-13(14)2/h6-9,15,17H,5,10-12H2,1-4H3. The van der Waals surface area contributed by atoms with Crippen LogP contribution in [0.4, 0.5) is 0 Å². The summed E-state index contributed by atoms with van der Waals surface area (Å²) in [5.41, 5.74) is 3.10. The Morgan fingerprint density at radius 2 is 2.06 bits per heavy atom. The van der Waals surface area contributed by atoms with Crippen LogP contribution in [0.15, 0.2) is 24.3 Å². The number of nitrogens with zero attached hydrogens (tertiary/aromatic N) is 1. The molecule has 1 heterocycles. The maximum atomic E-state index is 3.65. The molecule has 1 fully saturated rings. The summed E-state index contributed by atoms with van der Waals surface area (Å²) < 4.78 is 0. The Labute approximate surface area is 111 Å². The van der Waals surface area contributed by atoms with Gasteiger partial charge in [-0.1, -0.05) is 31.2 Å². The second kappa shape index (κ2) is 5.41. The summed E-state index contributed by atoms with van der Waals surface area (Å²) in [5.74, 6) is 0. The molecule has 1 aromatic carbocycles. The number of aryl methyl sites for hydroxylation is 1. The lowest BCUT2D eigenvalue weighted by molar-refractivity contribution is 0.0857. The summed E-state index contributed by atoms with van der Waals surface area (Å²) >= 11 is 0. The van der Waals surface area contributed by atoms with Crippen LogP contribution in [0.25, 0.3) is 0 Å². The molecule has 0 spiro atoms. The van der Waals surface area contributed by atoms with Gasteiger partial charge >= 0.3 is 0 Å². The zero-order valence-corrected chi connectivity index (χ0v) is 12.2. The monoisotopic (exact) mass is 246 g/mol. The van der Waals surface area contributed by atoms with Crippen molar-refractivity contribution in [2.75, 3.05) is 13.1 Å². The van der Waals surface area contributed by atoms with Gasteiger partial charge in [-0.25, -0.2) is 0 Å². The number of hydrogen-bond donors (Lipinski definition) is 1. The maximum absolute atomic E-state index is 3.65. The van der Waals surface area contributed by atoms with Crippen LogP contribution in [0.1, 0.15) is 38.3 Å². The highest BCUT2D eigenvalue weighted by atomic mass is 15.2. The van der Waals surface area contributed by atoms with Crippen LogP contribution in [-0.2, 0) is 6.54 Å². The van der Waals surface area contributed by atoms with Gasteiger partial charge in [0.15, 0.2) is 0 Å². The number of hydrogen-bond acceptors (Lipinski definition) is 2. The molecule has 1 aromatic rings. The molecule has 1 aliphatic rings. The number of rotatable bonds is 3. The smallest absolute Gasteiger partial charge is 0.0253 e. The minimum absolute atomic E-state index is 0.231. The lowest BCUT2D eigenvalue weighted by Crippen LogP contribution is -2.61. The Kier molecular flexibility index (Phi) is 4.08. The molecule has 2 nitrogen and oxygen atoms in total. The van der Waals surface area contributed by atoms with Crippen molar-refractivity contribution in [3.05, 3.63) is 35.4 Å². The molecule has 1 unspecified atom stereocenters. The van der Waals surface area contributed by atoms with Crippen molar-refractivity contribution in [3.63, 3.8) is 0 Å². The van der Waals surface area contributed by atoms with E-state index >= 15 is 0 Å². The van der Waals surface area contributed by atoms with Crippen LogP contribution >= 0.6 is 0 Å². The van der Waals surface area contributed by atoms with Crippen molar-refractivity contribution in [1.29, 1.82) is 0 Å². The summed E-state index contributed by atoms with van der Waals surface area (Å²) in [7, 11) is 0. The van der Waals surface area contributed by atoms with Crippen LogP contribution in [0.3, 0.4) is 0 Å². The minimum atomic E-state index is 0.231. The number of piperazine rings is 1. The van der Waals surface area contributed by atoms with Gasteiger partial charge in [-0.15, -0.1) is 0 Å². The highest BCUT2D eigenvalue weighted by Gasteiger charge is 2.31. The Morgan fingerprint density at radius 3 is 2.72 bits per heavy atom. The lowest BCUT2D eigenvalue weighted by Gasteiger charge is -2.44. The van der Waals surface area contributed by atoms with Crippen LogP contribution in [0, 0.1) is 6.92 Å². The normalized spacial score (nSPS) is 24.1. The van der Waals surface area contributed by atoms with Gasteiger partial charge in [-0.3, -0.25) is 4.90 Å². The van der Waals surface area contributed by atoms with Gasteiger partial charge in [0.25, 0.3) is 0 Å². The third kappa shape index (κ3) is 3.12. The first-order chi connectivity index (χ1) is 8.52. The molecule has 0 amide bonds. The van der Waals surface area contributed by atoms with Crippen LogP contribution in [0.5, 0.6) is 0 Å². The van der Waals surface area contributed by atoms with Crippen molar-refractivity contribution < 1.29 is 0 Å². The third-order valence-electron chi connectivity index (χ3n) is 4.04. The Bertz CT molecular complexity index is 398. The Balaban J connectivity index is 2.12. The highest BCUT2D eigenvalue weighted by molar-refractivity contribution is 5.25. The average Bonchev–Trinajstić information content (AvgIpc) is 2.31. The largest absolute Gasteiger partial charge is 0.309 e. The molecule has 1 aliphatic heterocycles. The lowest BCUT2D eigenvalue weighted by atomic mass is 9.96. The molecule has 2 rings (SSSR count). The van der Waals surface area contributed by atoms with Gasteiger partial charge in [0.05, 0.1) is 0 Å². The summed E-state index contributed by atoms with van der Waals surface area (Å²) in [6.07, 6.45) is 1.22. The van der Waals surface area contributed by atoms with Gasteiger partial charge in [0, 0.05) is 31.2 Å². The zero-order chi connectivity index (χ0) is 13.2. The Morgan fingerprint density at radius 1 is 1.33 bits per heavy atom. The van der Waals surface area contributed by atoms with E-state index in [2.05, 4.69) is 62.2 Å². The van der Waals surface area contributed by atoms with Gasteiger partial charge in [-0.05, 0) is 38.3 Å².